The Hall–Kier alpha value is -2.87. The lowest BCUT2D eigenvalue weighted by atomic mass is 10.0. The lowest BCUT2D eigenvalue weighted by Crippen LogP contribution is -2.55. The first-order valence-electron chi connectivity index (χ1n) is 10.6. The molecule has 2 aliphatic rings. The second-order valence-corrected chi connectivity index (χ2v) is 10.1. The fraction of sp³-hybridized carbons (Fsp3) is 0.391. The highest BCUT2D eigenvalue weighted by Gasteiger charge is 2.37. The SMILES string of the molecule is CCN1c2cc(C(=O)Nc3ccc(S(C)(=O)=O)cc3)ccc2C(=O)N2CCCCCC21. The maximum absolute atomic E-state index is 13.1. The van der Waals surface area contributed by atoms with E-state index in [0.29, 0.717) is 16.8 Å². The van der Waals surface area contributed by atoms with Crippen molar-refractivity contribution in [3.63, 3.8) is 0 Å². The van der Waals surface area contributed by atoms with Crippen molar-refractivity contribution in [1.82, 2.24) is 4.90 Å². The van der Waals surface area contributed by atoms with E-state index in [4.69, 9.17) is 0 Å². The van der Waals surface area contributed by atoms with E-state index in [9.17, 15) is 18.0 Å². The molecule has 2 heterocycles. The van der Waals surface area contributed by atoms with Crippen molar-refractivity contribution >= 4 is 33.0 Å². The van der Waals surface area contributed by atoms with Crippen LogP contribution in [0.2, 0.25) is 0 Å². The largest absolute Gasteiger partial charge is 0.351 e. The van der Waals surface area contributed by atoms with Gasteiger partial charge in [0.25, 0.3) is 11.8 Å². The van der Waals surface area contributed by atoms with E-state index in [0.717, 1.165) is 50.7 Å². The number of amides is 2. The Balaban J connectivity index is 1.61. The summed E-state index contributed by atoms with van der Waals surface area (Å²) in [5, 5.41) is 2.81. The molecule has 2 amide bonds. The van der Waals surface area contributed by atoms with Gasteiger partial charge in [-0.2, -0.15) is 0 Å². The zero-order chi connectivity index (χ0) is 22.2. The Morgan fingerprint density at radius 1 is 1.10 bits per heavy atom. The molecule has 0 radical (unpaired) electrons. The molecule has 0 aromatic heterocycles. The fourth-order valence-electron chi connectivity index (χ4n) is 4.43. The zero-order valence-corrected chi connectivity index (χ0v) is 18.6. The van der Waals surface area contributed by atoms with Crippen LogP contribution in [0.15, 0.2) is 47.4 Å². The van der Waals surface area contributed by atoms with Gasteiger partial charge in [-0.25, -0.2) is 8.42 Å². The van der Waals surface area contributed by atoms with Crippen molar-refractivity contribution < 1.29 is 18.0 Å². The molecule has 2 aromatic carbocycles. The van der Waals surface area contributed by atoms with Crippen LogP contribution in [0, 0.1) is 0 Å². The van der Waals surface area contributed by atoms with Crippen LogP contribution in [0.5, 0.6) is 0 Å². The first-order chi connectivity index (χ1) is 14.8. The fourth-order valence-corrected chi connectivity index (χ4v) is 5.06. The smallest absolute Gasteiger partial charge is 0.257 e. The molecule has 31 heavy (non-hydrogen) atoms. The number of benzene rings is 2. The van der Waals surface area contributed by atoms with Gasteiger partial charge in [0.2, 0.25) is 0 Å². The van der Waals surface area contributed by atoms with Crippen LogP contribution in [0.3, 0.4) is 0 Å². The minimum Gasteiger partial charge on any atom is -0.351 e. The molecular formula is C23H27N3O4S. The van der Waals surface area contributed by atoms with Crippen molar-refractivity contribution in [2.24, 2.45) is 0 Å². The number of anilines is 2. The molecule has 1 N–H and O–H groups in total. The number of carbonyl (C=O) groups is 2. The summed E-state index contributed by atoms with van der Waals surface area (Å²) < 4.78 is 23.2. The summed E-state index contributed by atoms with van der Waals surface area (Å²) >= 11 is 0. The van der Waals surface area contributed by atoms with Crippen LogP contribution in [0.25, 0.3) is 0 Å². The predicted octanol–water partition coefficient (Wildman–Crippen LogP) is 3.52. The van der Waals surface area contributed by atoms with Gasteiger partial charge < -0.3 is 15.1 Å². The number of nitrogens with one attached hydrogen (secondary N) is 1. The highest BCUT2D eigenvalue weighted by molar-refractivity contribution is 7.90. The number of carbonyl (C=O) groups excluding carboxylic acids is 2. The molecule has 1 unspecified atom stereocenters. The average Bonchev–Trinajstić information content (AvgIpc) is 3.00. The van der Waals surface area contributed by atoms with Crippen LogP contribution >= 0.6 is 0 Å². The highest BCUT2D eigenvalue weighted by Crippen LogP contribution is 2.35. The Morgan fingerprint density at radius 2 is 1.84 bits per heavy atom. The zero-order valence-electron chi connectivity index (χ0n) is 17.8. The molecule has 1 saturated heterocycles. The number of fused-ring (bicyclic) bond motifs is 2. The van der Waals surface area contributed by atoms with Crippen LogP contribution in [0.1, 0.15) is 53.3 Å². The number of sulfone groups is 1. The van der Waals surface area contributed by atoms with E-state index in [1.807, 2.05) is 4.90 Å². The average molecular weight is 442 g/mol. The van der Waals surface area contributed by atoms with Crippen molar-refractivity contribution in [3.8, 4) is 0 Å². The standard InChI is InChI=1S/C23H27N3O4S/c1-3-25-20-15-16(22(27)24-17-9-11-18(12-10-17)31(2,29)30)8-13-19(20)23(28)26-14-6-4-5-7-21(25)26/h8-13,15,21H,3-7,14H2,1-2H3,(H,24,27). The monoisotopic (exact) mass is 441 g/mol. The number of hydrogen-bond acceptors (Lipinski definition) is 5. The van der Waals surface area contributed by atoms with Gasteiger partial charge in [-0.05, 0) is 68.7 Å². The highest BCUT2D eigenvalue weighted by atomic mass is 32.2. The molecule has 1 fully saturated rings. The van der Waals surface area contributed by atoms with Gasteiger partial charge in [0.15, 0.2) is 9.84 Å². The minimum atomic E-state index is -3.29. The Morgan fingerprint density at radius 3 is 2.52 bits per heavy atom. The molecule has 8 heteroatoms. The van der Waals surface area contributed by atoms with E-state index in [2.05, 4.69) is 17.1 Å². The van der Waals surface area contributed by atoms with Crippen molar-refractivity contribution in [2.45, 2.75) is 43.7 Å². The van der Waals surface area contributed by atoms with E-state index in [1.165, 1.54) is 12.1 Å². The summed E-state index contributed by atoms with van der Waals surface area (Å²) in [4.78, 5) is 30.3. The molecule has 4 rings (SSSR count). The van der Waals surface area contributed by atoms with Crippen LogP contribution in [-0.2, 0) is 9.84 Å². The Bertz CT molecular complexity index is 1110. The first-order valence-corrected chi connectivity index (χ1v) is 12.5. The number of rotatable bonds is 4. The third kappa shape index (κ3) is 4.17. The van der Waals surface area contributed by atoms with Crippen molar-refractivity contribution in [2.75, 3.05) is 29.6 Å². The van der Waals surface area contributed by atoms with Crippen molar-refractivity contribution in [1.29, 1.82) is 0 Å². The third-order valence-corrected chi connectivity index (χ3v) is 7.15. The van der Waals surface area contributed by atoms with Crippen molar-refractivity contribution in [3.05, 3.63) is 53.6 Å². The van der Waals surface area contributed by atoms with Gasteiger partial charge in [0.1, 0.15) is 6.17 Å². The van der Waals surface area contributed by atoms with Gasteiger partial charge in [-0.1, -0.05) is 6.42 Å². The van der Waals surface area contributed by atoms with E-state index < -0.39 is 9.84 Å². The Kier molecular flexibility index (Phi) is 5.75. The molecule has 164 valence electrons. The molecule has 2 aliphatic heterocycles. The molecule has 1 atom stereocenters. The summed E-state index contributed by atoms with van der Waals surface area (Å²) in [6, 6.07) is 11.3. The normalized spacial score (nSPS) is 18.8. The molecule has 0 aliphatic carbocycles. The summed E-state index contributed by atoms with van der Waals surface area (Å²) in [5.41, 5.74) is 2.40. The van der Waals surface area contributed by atoms with E-state index >= 15 is 0 Å². The minimum absolute atomic E-state index is 0.0364. The second-order valence-electron chi connectivity index (χ2n) is 8.10. The first kappa shape index (κ1) is 21.4. The predicted molar refractivity (Wildman–Crippen MR) is 120 cm³/mol. The molecule has 0 spiro atoms. The van der Waals surface area contributed by atoms with Gasteiger partial charge in [-0.3, -0.25) is 9.59 Å². The van der Waals surface area contributed by atoms with Gasteiger partial charge >= 0.3 is 0 Å². The van der Waals surface area contributed by atoms with Gasteiger partial charge in [0, 0.05) is 30.6 Å². The van der Waals surface area contributed by atoms with E-state index in [-0.39, 0.29) is 22.9 Å². The summed E-state index contributed by atoms with van der Waals surface area (Å²) in [6.45, 7) is 3.59. The number of nitrogens with zero attached hydrogens (tertiary/aromatic N) is 2. The summed E-state index contributed by atoms with van der Waals surface area (Å²) in [7, 11) is -3.29. The lowest BCUT2D eigenvalue weighted by Gasteiger charge is -2.44. The second kappa shape index (κ2) is 8.34. The summed E-state index contributed by atoms with van der Waals surface area (Å²) in [5.74, 6) is -0.267. The maximum atomic E-state index is 13.1. The lowest BCUT2D eigenvalue weighted by molar-refractivity contribution is 0.0656. The Labute approximate surface area is 183 Å². The topological polar surface area (TPSA) is 86.8 Å². The quantitative estimate of drug-likeness (QED) is 0.784. The van der Waals surface area contributed by atoms with E-state index in [1.54, 1.807) is 30.3 Å². The molecule has 0 saturated carbocycles. The molecular weight excluding hydrogens is 414 g/mol. The van der Waals surface area contributed by atoms with Crippen LogP contribution in [-0.4, -0.2) is 50.6 Å². The van der Waals surface area contributed by atoms with Crippen LogP contribution < -0.4 is 10.2 Å². The van der Waals surface area contributed by atoms with Gasteiger partial charge in [-0.15, -0.1) is 0 Å². The maximum Gasteiger partial charge on any atom is 0.257 e. The van der Waals surface area contributed by atoms with Crippen LogP contribution in [0.4, 0.5) is 11.4 Å². The molecule has 7 nitrogen and oxygen atoms in total. The summed E-state index contributed by atoms with van der Waals surface area (Å²) in [6.07, 6.45) is 5.35. The molecule has 2 aromatic rings. The molecule has 0 bridgehead atoms. The van der Waals surface area contributed by atoms with Gasteiger partial charge in [0.05, 0.1) is 16.1 Å². The number of hydrogen-bond donors (Lipinski definition) is 1. The third-order valence-electron chi connectivity index (χ3n) is 6.02.